The van der Waals surface area contributed by atoms with Gasteiger partial charge in [-0.3, -0.25) is 4.79 Å². The smallest absolute Gasteiger partial charge is 0.274 e. The molecular formula is C9H12F2N2O2. The van der Waals surface area contributed by atoms with Gasteiger partial charge in [-0.05, 0) is 12.1 Å². The SMILES string of the molecule is Nc1cccn(C(CO)CC(F)F)c1=O. The zero-order chi connectivity index (χ0) is 11.4. The third-order valence-electron chi connectivity index (χ3n) is 2.06. The van der Waals surface area contributed by atoms with Crippen LogP contribution in [0.25, 0.3) is 0 Å². The van der Waals surface area contributed by atoms with E-state index in [1.807, 2.05) is 0 Å². The van der Waals surface area contributed by atoms with Crippen LogP contribution >= 0.6 is 0 Å². The van der Waals surface area contributed by atoms with E-state index < -0.39 is 31.1 Å². The van der Waals surface area contributed by atoms with Gasteiger partial charge in [-0.25, -0.2) is 8.78 Å². The Morgan fingerprint density at radius 2 is 2.20 bits per heavy atom. The van der Waals surface area contributed by atoms with E-state index in [0.717, 1.165) is 4.57 Å². The van der Waals surface area contributed by atoms with Crippen molar-refractivity contribution in [1.29, 1.82) is 0 Å². The van der Waals surface area contributed by atoms with Crippen LogP contribution in [0.4, 0.5) is 14.5 Å². The van der Waals surface area contributed by atoms with E-state index in [-0.39, 0.29) is 5.69 Å². The average molecular weight is 218 g/mol. The minimum absolute atomic E-state index is 0.0229. The highest BCUT2D eigenvalue weighted by molar-refractivity contribution is 5.33. The third kappa shape index (κ3) is 2.76. The molecular weight excluding hydrogens is 206 g/mol. The second kappa shape index (κ2) is 4.88. The zero-order valence-corrected chi connectivity index (χ0v) is 7.94. The van der Waals surface area contributed by atoms with Gasteiger partial charge in [0.2, 0.25) is 6.43 Å². The molecule has 0 saturated carbocycles. The summed E-state index contributed by atoms with van der Waals surface area (Å²) in [6, 6.07) is 1.93. The number of nitrogens with zero attached hydrogens (tertiary/aromatic N) is 1. The molecule has 3 N–H and O–H groups in total. The van der Waals surface area contributed by atoms with Crippen LogP contribution in [-0.4, -0.2) is 22.7 Å². The first kappa shape index (κ1) is 11.6. The van der Waals surface area contributed by atoms with Gasteiger partial charge in [0.1, 0.15) is 0 Å². The summed E-state index contributed by atoms with van der Waals surface area (Å²) in [7, 11) is 0. The van der Waals surface area contributed by atoms with Crippen molar-refractivity contribution in [2.24, 2.45) is 0 Å². The van der Waals surface area contributed by atoms with Crippen LogP contribution in [0, 0.1) is 0 Å². The fourth-order valence-electron chi connectivity index (χ4n) is 1.30. The van der Waals surface area contributed by atoms with E-state index in [0.29, 0.717) is 0 Å². The second-order valence-corrected chi connectivity index (χ2v) is 3.14. The number of halogens is 2. The van der Waals surface area contributed by atoms with Gasteiger partial charge in [0.15, 0.2) is 0 Å². The van der Waals surface area contributed by atoms with Crippen molar-refractivity contribution < 1.29 is 13.9 Å². The second-order valence-electron chi connectivity index (χ2n) is 3.14. The Kier molecular flexibility index (Phi) is 3.79. The Bertz CT molecular complexity index is 379. The largest absolute Gasteiger partial charge is 0.394 e. The molecule has 0 aliphatic heterocycles. The molecule has 4 nitrogen and oxygen atoms in total. The lowest BCUT2D eigenvalue weighted by atomic mass is 10.2. The van der Waals surface area contributed by atoms with E-state index in [4.69, 9.17) is 10.8 Å². The molecule has 0 aliphatic rings. The van der Waals surface area contributed by atoms with Crippen LogP contribution in [0.15, 0.2) is 23.1 Å². The van der Waals surface area contributed by atoms with Gasteiger partial charge in [0.05, 0.1) is 18.3 Å². The summed E-state index contributed by atoms with van der Waals surface area (Å²) < 4.78 is 25.3. The minimum atomic E-state index is -2.57. The molecule has 1 aromatic rings. The van der Waals surface area contributed by atoms with Crippen molar-refractivity contribution in [2.45, 2.75) is 18.9 Å². The average Bonchev–Trinajstić information content (AvgIpc) is 2.19. The fraction of sp³-hybridized carbons (Fsp3) is 0.444. The quantitative estimate of drug-likeness (QED) is 0.778. The summed E-state index contributed by atoms with van der Waals surface area (Å²) in [6.45, 7) is -0.520. The number of aliphatic hydroxyl groups is 1. The molecule has 84 valence electrons. The molecule has 0 fully saturated rings. The maximum atomic E-state index is 12.1. The van der Waals surface area contributed by atoms with Gasteiger partial charge < -0.3 is 15.4 Å². The van der Waals surface area contributed by atoms with Crippen molar-refractivity contribution in [3.05, 3.63) is 28.7 Å². The maximum Gasteiger partial charge on any atom is 0.274 e. The molecule has 15 heavy (non-hydrogen) atoms. The van der Waals surface area contributed by atoms with E-state index >= 15 is 0 Å². The molecule has 0 spiro atoms. The summed E-state index contributed by atoms with van der Waals surface area (Å²) >= 11 is 0. The van der Waals surface area contributed by atoms with Crippen LogP contribution in [0.5, 0.6) is 0 Å². The van der Waals surface area contributed by atoms with E-state index in [1.165, 1.54) is 18.3 Å². The van der Waals surface area contributed by atoms with Crippen molar-refractivity contribution >= 4 is 5.69 Å². The van der Waals surface area contributed by atoms with Gasteiger partial charge in [0.25, 0.3) is 5.56 Å². The van der Waals surface area contributed by atoms with Crippen LogP contribution in [0.1, 0.15) is 12.5 Å². The molecule has 1 heterocycles. The number of rotatable bonds is 4. The van der Waals surface area contributed by atoms with Gasteiger partial charge in [-0.1, -0.05) is 0 Å². The molecule has 0 radical (unpaired) electrons. The van der Waals surface area contributed by atoms with Crippen molar-refractivity contribution in [1.82, 2.24) is 4.57 Å². The number of aromatic nitrogens is 1. The predicted molar refractivity (Wildman–Crippen MR) is 51.9 cm³/mol. The molecule has 1 aromatic heterocycles. The standard InChI is InChI=1S/C9H12F2N2O2/c10-8(11)4-6(5-14)13-3-1-2-7(12)9(13)15/h1-3,6,8,14H,4-5,12H2. The van der Waals surface area contributed by atoms with Crippen LogP contribution in [-0.2, 0) is 0 Å². The number of hydrogen-bond donors (Lipinski definition) is 2. The number of hydrogen-bond acceptors (Lipinski definition) is 3. The van der Waals surface area contributed by atoms with Crippen molar-refractivity contribution in [3.8, 4) is 0 Å². The van der Waals surface area contributed by atoms with E-state index in [1.54, 1.807) is 0 Å². The maximum absolute atomic E-state index is 12.1. The van der Waals surface area contributed by atoms with Crippen LogP contribution < -0.4 is 11.3 Å². The zero-order valence-electron chi connectivity index (χ0n) is 7.94. The summed E-state index contributed by atoms with van der Waals surface area (Å²) in [5, 5.41) is 8.91. The number of anilines is 1. The van der Waals surface area contributed by atoms with E-state index in [9.17, 15) is 13.6 Å². The number of aliphatic hydroxyl groups excluding tert-OH is 1. The summed E-state index contributed by atoms with van der Waals surface area (Å²) in [6.07, 6.45) is -1.81. The van der Waals surface area contributed by atoms with Gasteiger partial charge in [-0.15, -0.1) is 0 Å². The Labute approximate surface area is 84.9 Å². The molecule has 0 amide bonds. The Balaban J connectivity index is 3.02. The number of alkyl halides is 2. The molecule has 0 aromatic carbocycles. The molecule has 0 bridgehead atoms. The highest BCUT2D eigenvalue weighted by Gasteiger charge is 2.17. The lowest BCUT2D eigenvalue weighted by Gasteiger charge is -2.17. The number of nitrogen functional groups attached to an aromatic ring is 1. The molecule has 0 saturated heterocycles. The lowest BCUT2D eigenvalue weighted by Crippen LogP contribution is -2.29. The van der Waals surface area contributed by atoms with Gasteiger partial charge in [-0.2, -0.15) is 0 Å². The topological polar surface area (TPSA) is 68.2 Å². The number of pyridine rings is 1. The monoisotopic (exact) mass is 218 g/mol. The highest BCUT2D eigenvalue weighted by atomic mass is 19.3. The molecule has 6 heteroatoms. The third-order valence-corrected chi connectivity index (χ3v) is 2.06. The minimum Gasteiger partial charge on any atom is -0.394 e. The fourth-order valence-corrected chi connectivity index (χ4v) is 1.30. The summed E-state index contributed by atoms with van der Waals surface area (Å²) in [5.74, 6) is 0. The van der Waals surface area contributed by atoms with Crippen LogP contribution in [0.2, 0.25) is 0 Å². The Hall–Kier alpha value is -1.43. The lowest BCUT2D eigenvalue weighted by molar-refractivity contribution is 0.0946. The predicted octanol–water partition coefficient (Wildman–Crippen LogP) is 0.619. The molecule has 1 unspecified atom stereocenters. The molecule has 0 aliphatic carbocycles. The van der Waals surface area contributed by atoms with Crippen molar-refractivity contribution in [2.75, 3.05) is 12.3 Å². The first-order valence-corrected chi connectivity index (χ1v) is 4.42. The van der Waals surface area contributed by atoms with Crippen molar-refractivity contribution in [3.63, 3.8) is 0 Å². The van der Waals surface area contributed by atoms with Crippen LogP contribution in [0.3, 0.4) is 0 Å². The highest BCUT2D eigenvalue weighted by Crippen LogP contribution is 2.14. The first-order valence-electron chi connectivity index (χ1n) is 4.42. The molecule has 1 atom stereocenters. The molecule has 1 rings (SSSR count). The Morgan fingerprint density at radius 3 is 2.73 bits per heavy atom. The van der Waals surface area contributed by atoms with Gasteiger partial charge >= 0.3 is 0 Å². The van der Waals surface area contributed by atoms with Gasteiger partial charge in [0, 0.05) is 12.6 Å². The summed E-state index contributed by atoms with van der Waals surface area (Å²) in [4.78, 5) is 11.4. The normalized spacial score (nSPS) is 13.1. The van der Waals surface area contributed by atoms with E-state index in [2.05, 4.69) is 0 Å². The first-order chi connectivity index (χ1) is 7.06. The number of nitrogens with two attached hydrogens (primary N) is 1. The summed E-state index contributed by atoms with van der Waals surface area (Å²) in [5.41, 5.74) is 4.76. The Morgan fingerprint density at radius 1 is 1.53 bits per heavy atom.